The van der Waals surface area contributed by atoms with E-state index in [4.69, 9.17) is 0 Å². The Morgan fingerprint density at radius 2 is 1.55 bits per heavy atom. The van der Waals surface area contributed by atoms with Gasteiger partial charge in [0.05, 0.1) is 18.6 Å². The maximum absolute atomic E-state index is 13.2. The highest BCUT2D eigenvalue weighted by Crippen LogP contribution is 2.25. The Bertz CT molecular complexity index is 1390. The van der Waals surface area contributed by atoms with Gasteiger partial charge >= 0.3 is 18.1 Å². The number of anilines is 1. The number of hydrogen-bond acceptors (Lipinski definition) is 8. The molecule has 2 unspecified atom stereocenters. The predicted octanol–water partition coefficient (Wildman–Crippen LogP) is 4.08. The molecule has 1 heterocycles. The van der Waals surface area contributed by atoms with Gasteiger partial charge in [0.15, 0.2) is 0 Å². The number of benzene rings is 2. The van der Waals surface area contributed by atoms with Crippen LogP contribution in [-0.2, 0) is 23.9 Å². The Labute approximate surface area is 252 Å². The van der Waals surface area contributed by atoms with Gasteiger partial charge < -0.3 is 25.8 Å². The van der Waals surface area contributed by atoms with Crippen LogP contribution in [0.3, 0.4) is 0 Å². The van der Waals surface area contributed by atoms with Crippen LogP contribution in [0.1, 0.15) is 44.2 Å². The van der Waals surface area contributed by atoms with Gasteiger partial charge in [-0.25, -0.2) is 9.78 Å². The van der Waals surface area contributed by atoms with Gasteiger partial charge in [-0.3, -0.25) is 14.4 Å². The van der Waals surface area contributed by atoms with Crippen molar-refractivity contribution in [3.8, 4) is 11.1 Å². The minimum Gasteiger partial charge on any atom is -0.391 e. The van der Waals surface area contributed by atoms with Crippen molar-refractivity contribution >= 4 is 29.6 Å². The van der Waals surface area contributed by atoms with E-state index in [2.05, 4.69) is 25.7 Å². The largest absolute Gasteiger partial charge is 0.491 e. The van der Waals surface area contributed by atoms with E-state index in [0.29, 0.717) is 30.8 Å². The number of rotatable bonds is 14. The molecule has 3 atom stereocenters. The molecule has 0 aliphatic heterocycles. The molecule has 3 rings (SSSR count). The fourth-order valence-electron chi connectivity index (χ4n) is 4.17. The maximum atomic E-state index is 13.2. The van der Waals surface area contributed by atoms with E-state index in [1.165, 1.54) is 6.92 Å². The third-order valence-electron chi connectivity index (χ3n) is 6.43. The number of aliphatic hydroxyl groups excluding tert-OH is 1. The zero-order valence-corrected chi connectivity index (χ0v) is 23.8. The normalized spacial score (nSPS) is 13.2. The van der Waals surface area contributed by atoms with E-state index in [0.717, 1.165) is 11.1 Å². The molecule has 2 aromatic carbocycles. The number of ether oxygens (including phenoxy) is 1. The molecule has 1 aromatic heterocycles. The topological polar surface area (TPSA) is 147 Å². The Hall–Kier alpha value is -4.78. The summed E-state index contributed by atoms with van der Waals surface area (Å²) in [6.07, 6.45) is -4.79. The molecule has 13 heteroatoms. The molecular formula is C31H33F3N4O6. The van der Waals surface area contributed by atoms with E-state index in [1.807, 2.05) is 36.4 Å². The summed E-state index contributed by atoms with van der Waals surface area (Å²) in [6, 6.07) is 18.5. The number of esters is 2. The first kappa shape index (κ1) is 33.7. The second kappa shape index (κ2) is 16.2. The van der Waals surface area contributed by atoms with Crippen molar-refractivity contribution in [3.05, 3.63) is 84.6 Å². The molecule has 2 amide bonds. The van der Waals surface area contributed by atoms with Gasteiger partial charge in [-0.2, -0.15) is 13.2 Å². The van der Waals surface area contributed by atoms with Crippen molar-refractivity contribution in [2.45, 2.75) is 57.0 Å². The lowest BCUT2D eigenvalue weighted by molar-refractivity contribution is -0.202. The number of nitrogens with zero attached hydrogens (tertiary/aromatic N) is 1. The summed E-state index contributed by atoms with van der Waals surface area (Å²) in [5.74, 6) is -4.92. The second-order valence-corrected chi connectivity index (χ2v) is 9.90. The van der Waals surface area contributed by atoms with E-state index in [-0.39, 0.29) is 6.42 Å². The van der Waals surface area contributed by atoms with Crippen LogP contribution in [-0.4, -0.2) is 58.7 Å². The molecule has 0 fully saturated rings. The van der Waals surface area contributed by atoms with Gasteiger partial charge in [0.25, 0.3) is 0 Å². The standard InChI is InChI=1S/C31H33F3N4O6/c1-20(39)28(38-26(40)12-6-8-18-36-25-11-5-7-17-35-25)29(42)37-24(19-27(41)44-30(43)31(32,33)34)23-15-13-22(14-16-23)21-9-3-2-4-10-21/h2-5,7,9-11,13-17,20,24,28,39H,6,8,12,18-19H2,1H3,(H,35,36)(H,37,42)(H,38,40)/t20?,24?,28-/m0/s1. The summed E-state index contributed by atoms with van der Waals surface area (Å²) >= 11 is 0. The maximum Gasteiger partial charge on any atom is 0.491 e. The van der Waals surface area contributed by atoms with Crippen LogP contribution in [0.5, 0.6) is 0 Å². The minimum absolute atomic E-state index is 0.0522. The zero-order valence-electron chi connectivity index (χ0n) is 23.8. The van der Waals surface area contributed by atoms with E-state index in [9.17, 15) is 37.5 Å². The first-order valence-electron chi connectivity index (χ1n) is 13.8. The van der Waals surface area contributed by atoms with Crippen molar-refractivity contribution in [2.75, 3.05) is 11.9 Å². The van der Waals surface area contributed by atoms with Crippen LogP contribution in [0.15, 0.2) is 79.0 Å². The van der Waals surface area contributed by atoms with E-state index >= 15 is 0 Å². The third kappa shape index (κ3) is 10.8. The number of pyridine rings is 1. The molecule has 234 valence electrons. The lowest BCUT2D eigenvalue weighted by Gasteiger charge is -2.25. The van der Waals surface area contributed by atoms with Crippen molar-refractivity contribution in [3.63, 3.8) is 0 Å². The Morgan fingerprint density at radius 3 is 2.16 bits per heavy atom. The summed E-state index contributed by atoms with van der Waals surface area (Å²) in [5.41, 5.74) is 1.98. The third-order valence-corrected chi connectivity index (χ3v) is 6.43. The Morgan fingerprint density at radius 1 is 0.886 bits per heavy atom. The number of alkyl halides is 3. The van der Waals surface area contributed by atoms with Crippen LogP contribution in [0.4, 0.5) is 19.0 Å². The van der Waals surface area contributed by atoms with Crippen LogP contribution in [0, 0.1) is 0 Å². The first-order valence-corrected chi connectivity index (χ1v) is 13.8. The fourth-order valence-corrected chi connectivity index (χ4v) is 4.17. The first-order chi connectivity index (χ1) is 20.9. The molecule has 0 radical (unpaired) electrons. The van der Waals surface area contributed by atoms with Gasteiger partial charge in [0.1, 0.15) is 11.9 Å². The number of carbonyl (C=O) groups is 4. The molecule has 0 bridgehead atoms. The highest BCUT2D eigenvalue weighted by molar-refractivity contribution is 5.90. The van der Waals surface area contributed by atoms with Crippen LogP contribution >= 0.6 is 0 Å². The lowest BCUT2D eigenvalue weighted by atomic mass is 9.98. The zero-order chi connectivity index (χ0) is 32.1. The number of carbonyl (C=O) groups excluding carboxylic acids is 4. The van der Waals surface area contributed by atoms with Crippen molar-refractivity contribution in [2.24, 2.45) is 0 Å². The number of amides is 2. The molecule has 4 N–H and O–H groups in total. The average molecular weight is 615 g/mol. The van der Waals surface area contributed by atoms with Gasteiger partial charge in [-0.05, 0) is 48.6 Å². The van der Waals surface area contributed by atoms with Gasteiger partial charge in [-0.15, -0.1) is 0 Å². The van der Waals surface area contributed by atoms with Crippen LogP contribution in [0.25, 0.3) is 11.1 Å². The molecule has 0 saturated carbocycles. The lowest BCUT2D eigenvalue weighted by Crippen LogP contribution is -2.53. The predicted molar refractivity (Wildman–Crippen MR) is 155 cm³/mol. The molecule has 3 aromatic rings. The second-order valence-electron chi connectivity index (χ2n) is 9.90. The molecule has 44 heavy (non-hydrogen) atoms. The Kier molecular flexibility index (Phi) is 12.4. The monoisotopic (exact) mass is 614 g/mol. The van der Waals surface area contributed by atoms with Gasteiger partial charge in [-0.1, -0.05) is 60.7 Å². The smallest absolute Gasteiger partial charge is 0.391 e. The number of hydrogen-bond donors (Lipinski definition) is 4. The molecule has 0 aliphatic rings. The highest BCUT2D eigenvalue weighted by atomic mass is 19.4. The van der Waals surface area contributed by atoms with Gasteiger partial charge in [0.2, 0.25) is 11.8 Å². The SMILES string of the molecule is CC(O)[C@H](NC(=O)CCCCNc1ccccn1)C(=O)NC(CC(=O)OC(=O)C(F)(F)F)c1ccc(-c2ccccc2)cc1. The Balaban J connectivity index is 1.66. The summed E-state index contributed by atoms with van der Waals surface area (Å²) in [7, 11) is 0. The molecule has 0 saturated heterocycles. The number of halogens is 3. The summed E-state index contributed by atoms with van der Waals surface area (Å²) < 4.78 is 41.8. The molecule has 0 aliphatic carbocycles. The quantitative estimate of drug-likeness (QED) is 0.121. The molecule has 10 nitrogen and oxygen atoms in total. The van der Waals surface area contributed by atoms with Gasteiger partial charge in [0, 0.05) is 19.2 Å². The van der Waals surface area contributed by atoms with Crippen molar-refractivity contribution < 1.29 is 42.2 Å². The highest BCUT2D eigenvalue weighted by Gasteiger charge is 2.42. The number of aliphatic hydroxyl groups is 1. The number of unbranched alkanes of at least 4 members (excludes halogenated alkanes) is 1. The molecular weight excluding hydrogens is 581 g/mol. The fraction of sp³-hybridized carbons (Fsp3) is 0.323. The summed E-state index contributed by atoms with van der Waals surface area (Å²) in [5, 5.41) is 18.3. The number of aromatic nitrogens is 1. The van der Waals surface area contributed by atoms with Crippen LogP contribution in [0.2, 0.25) is 0 Å². The average Bonchev–Trinajstić information content (AvgIpc) is 2.99. The van der Waals surface area contributed by atoms with Crippen molar-refractivity contribution in [1.29, 1.82) is 0 Å². The summed E-state index contributed by atoms with van der Waals surface area (Å²) in [4.78, 5) is 53.4. The summed E-state index contributed by atoms with van der Waals surface area (Å²) in [6.45, 7) is 1.84. The van der Waals surface area contributed by atoms with E-state index < -0.39 is 54.5 Å². The minimum atomic E-state index is -5.39. The molecule has 0 spiro atoms. The number of nitrogens with one attached hydrogen (secondary N) is 3. The van der Waals surface area contributed by atoms with Crippen molar-refractivity contribution in [1.82, 2.24) is 15.6 Å². The van der Waals surface area contributed by atoms with E-state index in [1.54, 1.807) is 42.6 Å². The van der Waals surface area contributed by atoms with Crippen LogP contribution < -0.4 is 16.0 Å².